The first kappa shape index (κ1) is 29.4. The third-order valence-corrected chi connectivity index (χ3v) is 9.64. The van der Waals surface area contributed by atoms with Crippen LogP contribution in [-0.2, 0) is 25.9 Å². The predicted molar refractivity (Wildman–Crippen MR) is 164 cm³/mol. The monoisotopic (exact) mass is 621 g/mol. The minimum atomic E-state index is -3.65. The van der Waals surface area contributed by atoms with Crippen LogP contribution in [0.2, 0.25) is 5.02 Å². The molecule has 10 nitrogen and oxygen atoms in total. The van der Waals surface area contributed by atoms with Gasteiger partial charge in [-0.1, -0.05) is 17.7 Å². The molecule has 2 aliphatic heterocycles. The zero-order valence-corrected chi connectivity index (χ0v) is 25.7. The van der Waals surface area contributed by atoms with Crippen LogP contribution in [0.15, 0.2) is 59.6 Å². The van der Waals surface area contributed by atoms with Crippen LogP contribution in [0.3, 0.4) is 0 Å². The number of nitrogens with zero attached hydrogens (tertiary/aromatic N) is 4. The largest absolute Gasteiger partial charge is 0.373 e. The molecular formula is C31H32ClN5O5S. The summed E-state index contributed by atoms with van der Waals surface area (Å²) in [5.41, 5.74) is 3.32. The molecule has 0 bridgehead atoms. The molecular weight excluding hydrogens is 590 g/mol. The minimum absolute atomic E-state index is 0.0334. The lowest BCUT2D eigenvalue weighted by Crippen LogP contribution is -2.45. The first-order valence-corrected chi connectivity index (χ1v) is 16.2. The molecule has 0 radical (unpaired) electrons. The van der Waals surface area contributed by atoms with Gasteiger partial charge in [-0.2, -0.15) is 0 Å². The maximum atomic E-state index is 13.1. The summed E-state index contributed by atoms with van der Waals surface area (Å²) in [6, 6.07) is 14.5. The van der Waals surface area contributed by atoms with Crippen molar-refractivity contribution >= 4 is 44.1 Å². The highest BCUT2D eigenvalue weighted by molar-refractivity contribution is 7.91. The molecule has 0 saturated carbocycles. The normalized spacial score (nSPS) is 21.7. The summed E-state index contributed by atoms with van der Waals surface area (Å²) in [6.07, 6.45) is 1.46. The van der Waals surface area contributed by atoms with Crippen molar-refractivity contribution in [2.45, 2.75) is 50.5 Å². The summed E-state index contributed by atoms with van der Waals surface area (Å²) < 4.78 is 37.1. The van der Waals surface area contributed by atoms with Crippen molar-refractivity contribution in [2.24, 2.45) is 0 Å². The highest BCUT2D eigenvalue weighted by Crippen LogP contribution is 2.36. The maximum Gasteiger partial charge on any atom is 0.251 e. The quantitative estimate of drug-likeness (QED) is 0.336. The third-order valence-electron chi connectivity index (χ3n) is 7.62. The number of pyridine rings is 3. The maximum absolute atomic E-state index is 13.1. The molecule has 1 fully saturated rings. The second kappa shape index (κ2) is 11.8. The number of ether oxygens (including phenoxy) is 2. The second-order valence-electron chi connectivity index (χ2n) is 11.0. The summed E-state index contributed by atoms with van der Waals surface area (Å²) in [6.45, 7) is 7.59. The highest BCUT2D eigenvalue weighted by Gasteiger charge is 2.30. The van der Waals surface area contributed by atoms with Crippen molar-refractivity contribution in [3.05, 3.63) is 76.6 Å². The van der Waals surface area contributed by atoms with Crippen molar-refractivity contribution < 1.29 is 22.7 Å². The molecule has 3 atom stereocenters. The Kier molecular flexibility index (Phi) is 8.08. The summed E-state index contributed by atoms with van der Waals surface area (Å²) in [7, 11) is -3.65. The second-order valence-corrected chi connectivity index (χ2v) is 13.5. The molecule has 0 spiro atoms. The lowest BCUT2D eigenvalue weighted by atomic mass is 10.1. The number of rotatable bonds is 5. The Hall–Kier alpha value is -3.64. The zero-order chi connectivity index (χ0) is 30.3. The summed E-state index contributed by atoms with van der Waals surface area (Å²) in [4.78, 5) is 29.6. The molecule has 6 rings (SSSR count). The Morgan fingerprint density at radius 1 is 1.05 bits per heavy atom. The molecule has 3 aromatic heterocycles. The molecule has 0 aliphatic carbocycles. The SMILES string of the molecule is C[C@@H]1CN(c2cccc(-c3ccc4cnc(CNC(=O)c5cc(Cl)c6c(c5)S(=O)(=O)CCO[C@H]6C)cc4n3)n2)C[C@H](C)O1. The molecule has 12 heteroatoms. The Morgan fingerprint density at radius 3 is 2.60 bits per heavy atom. The van der Waals surface area contributed by atoms with Crippen LogP contribution < -0.4 is 10.2 Å². The number of amides is 1. The highest BCUT2D eigenvalue weighted by atomic mass is 35.5. The van der Waals surface area contributed by atoms with Gasteiger partial charge in [0.25, 0.3) is 5.91 Å². The number of nitrogens with one attached hydrogen (secondary N) is 1. The average Bonchev–Trinajstić information content (AvgIpc) is 3.09. The van der Waals surface area contributed by atoms with Crippen LogP contribution in [0.1, 0.15) is 48.5 Å². The van der Waals surface area contributed by atoms with Crippen molar-refractivity contribution in [1.82, 2.24) is 20.3 Å². The first-order valence-electron chi connectivity index (χ1n) is 14.2. The number of aromatic nitrogens is 3. The molecule has 2 aliphatic rings. The van der Waals surface area contributed by atoms with E-state index in [1.807, 2.05) is 36.4 Å². The van der Waals surface area contributed by atoms with Gasteiger partial charge in [0, 0.05) is 40.8 Å². The number of carbonyl (C=O) groups excluding carboxylic acids is 1. The number of anilines is 1. The van der Waals surface area contributed by atoms with Crippen molar-refractivity contribution in [3.63, 3.8) is 0 Å². The standard InChI is InChI=1S/C31H32ClN5O5S/c1-18-16-37(17-19(2)42-18)29-6-4-5-25(36-29)26-8-7-21-14-33-23(13-27(21)35-26)15-34-31(38)22-11-24(32)30-20(3)41-9-10-43(39,40)28(30)12-22/h4-8,11-14,18-20H,9-10,15-17H2,1-3H3,(H,34,38)/t18-,19+,20-/m0/s1. The van der Waals surface area contributed by atoms with Gasteiger partial charge < -0.3 is 19.7 Å². The van der Waals surface area contributed by atoms with Crippen LogP contribution in [0, 0.1) is 0 Å². The Morgan fingerprint density at radius 2 is 1.81 bits per heavy atom. The van der Waals surface area contributed by atoms with Gasteiger partial charge >= 0.3 is 0 Å². The van der Waals surface area contributed by atoms with Crippen molar-refractivity contribution in [2.75, 3.05) is 30.3 Å². The lowest BCUT2D eigenvalue weighted by Gasteiger charge is -2.36. The van der Waals surface area contributed by atoms with Gasteiger partial charge in [0.1, 0.15) is 5.82 Å². The molecule has 5 heterocycles. The number of morpholine rings is 1. The smallest absolute Gasteiger partial charge is 0.251 e. The van der Waals surface area contributed by atoms with Gasteiger partial charge in [-0.15, -0.1) is 0 Å². The lowest BCUT2D eigenvalue weighted by molar-refractivity contribution is -0.00545. The van der Waals surface area contributed by atoms with Gasteiger partial charge in [0.05, 0.1) is 64.7 Å². The number of halogens is 1. The van der Waals surface area contributed by atoms with E-state index in [4.69, 9.17) is 31.0 Å². The van der Waals surface area contributed by atoms with Gasteiger partial charge in [0.15, 0.2) is 9.84 Å². The van der Waals surface area contributed by atoms with Gasteiger partial charge in [0.2, 0.25) is 0 Å². The van der Waals surface area contributed by atoms with Crippen molar-refractivity contribution in [3.8, 4) is 11.4 Å². The van der Waals surface area contributed by atoms with E-state index in [0.29, 0.717) is 16.8 Å². The molecule has 224 valence electrons. The molecule has 0 unspecified atom stereocenters. The third kappa shape index (κ3) is 6.21. The fourth-order valence-electron chi connectivity index (χ4n) is 5.58. The molecule has 1 amide bonds. The number of hydrogen-bond acceptors (Lipinski definition) is 9. The van der Waals surface area contributed by atoms with E-state index in [0.717, 1.165) is 35.7 Å². The fraction of sp³-hybridized carbons (Fsp3) is 0.355. The van der Waals surface area contributed by atoms with E-state index >= 15 is 0 Å². The van der Waals surface area contributed by atoms with Crippen LogP contribution in [0.25, 0.3) is 22.3 Å². The summed E-state index contributed by atoms with van der Waals surface area (Å²) >= 11 is 6.44. The van der Waals surface area contributed by atoms with E-state index in [1.54, 1.807) is 13.1 Å². The van der Waals surface area contributed by atoms with E-state index in [2.05, 4.69) is 29.0 Å². The zero-order valence-electron chi connectivity index (χ0n) is 24.1. The Balaban J connectivity index is 1.21. The molecule has 43 heavy (non-hydrogen) atoms. The van der Waals surface area contributed by atoms with E-state index in [9.17, 15) is 13.2 Å². The van der Waals surface area contributed by atoms with Crippen LogP contribution in [0.4, 0.5) is 5.82 Å². The molecule has 1 saturated heterocycles. The van der Waals surface area contributed by atoms with Gasteiger partial charge in [-0.25, -0.2) is 18.4 Å². The van der Waals surface area contributed by atoms with E-state index in [1.165, 1.54) is 12.1 Å². The minimum Gasteiger partial charge on any atom is -0.373 e. The molecule has 4 aromatic rings. The van der Waals surface area contributed by atoms with E-state index in [-0.39, 0.29) is 46.6 Å². The fourth-order valence-corrected chi connectivity index (χ4v) is 7.46. The average molecular weight is 622 g/mol. The number of hydrogen-bond donors (Lipinski definition) is 1. The number of carbonyl (C=O) groups is 1. The van der Waals surface area contributed by atoms with Gasteiger partial charge in [-0.3, -0.25) is 9.78 Å². The molecule has 1 aromatic carbocycles. The molecule has 1 N–H and O–H groups in total. The van der Waals surface area contributed by atoms with Crippen LogP contribution in [0.5, 0.6) is 0 Å². The van der Waals surface area contributed by atoms with E-state index < -0.39 is 21.8 Å². The van der Waals surface area contributed by atoms with Crippen LogP contribution >= 0.6 is 11.6 Å². The Labute approximate surface area is 255 Å². The number of fused-ring (bicyclic) bond motifs is 2. The van der Waals surface area contributed by atoms with Crippen molar-refractivity contribution in [1.29, 1.82) is 0 Å². The first-order chi connectivity index (χ1) is 20.6. The Bertz CT molecular complexity index is 1810. The summed E-state index contributed by atoms with van der Waals surface area (Å²) in [5.74, 6) is 0.244. The summed E-state index contributed by atoms with van der Waals surface area (Å²) in [5, 5.41) is 3.85. The number of sulfone groups is 1. The van der Waals surface area contributed by atoms with Gasteiger partial charge in [-0.05, 0) is 63.2 Å². The van der Waals surface area contributed by atoms with Crippen LogP contribution in [-0.4, -0.2) is 66.9 Å². The topological polar surface area (TPSA) is 124 Å². The number of benzene rings is 1. The predicted octanol–water partition coefficient (Wildman–Crippen LogP) is 4.75.